The molecule has 0 unspecified atom stereocenters. The van der Waals surface area contributed by atoms with Gasteiger partial charge in [0.1, 0.15) is 12.2 Å². The van der Waals surface area contributed by atoms with Gasteiger partial charge in [0.2, 0.25) is 0 Å². The highest BCUT2D eigenvalue weighted by Gasteiger charge is 2.24. The third kappa shape index (κ3) is 1.69. The first-order valence-electron chi connectivity index (χ1n) is 5.42. The second kappa shape index (κ2) is 4.02. The maximum atomic E-state index is 4.31. The van der Waals surface area contributed by atoms with Gasteiger partial charge in [-0.25, -0.2) is 0 Å². The number of aromatic nitrogens is 4. The largest absolute Gasteiger partial charge is 0.315 e. The molecule has 1 saturated heterocycles. The maximum absolute atomic E-state index is 4.31. The van der Waals surface area contributed by atoms with Gasteiger partial charge in [0, 0.05) is 25.2 Å². The summed E-state index contributed by atoms with van der Waals surface area (Å²) in [5.74, 6) is 1.57. The van der Waals surface area contributed by atoms with Crippen molar-refractivity contribution in [1.82, 2.24) is 25.1 Å². The zero-order valence-electron chi connectivity index (χ0n) is 8.87. The molecule has 0 saturated carbocycles. The van der Waals surface area contributed by atoms with Crippen LogP contribution in [0.4, 0.5) is 0 Å². The molecule has 0 spiro atoms. The van der Waals surface area contributed by atoms with E-state index in [9.17, 15) is 0 Å². The average Bonchev–Trinajstić information content (AvgIpc) is 2.66. The van der Waals surface area contributed by atoms with Gasteiger partial charge in [0.05, 0.1) is 12.2 Å². The van der Waals surface area contributed by atoms with E-state index in [1.165, 1.54) is 0 Å². The molecule has 16 heavy (non-hydrogen) atoms. The van der Waals surface area contributed by atoms with E-state index in [-0.39, 0.29) is 0 Å². The molecule has 1 N–H and O–H groups in total. The second-order valence-electron chi connectivity index (χ2n) is 3.99. The standard InChI is InChI=1S/C11H13N5/c1-2-4-13-10(3-1)7-16-8-14-15-11(16)9-5-12-6-9/h1-4,8-9,12H,5-7H2. The van der Waals surface area contributed by atoms with Crippen molar-refractivity contribution in [3.05, 3.63) is 42.2 Å². The van der Waals surface area contributed by atoms with Gasteiger partial charge in [-0.2, -0.15) is 0 Å². The number of pyridine rings is 1. The molecule has 0 aromatic carbocycles. The molecule has 5 heteroatoms. The Morgan fingerprint density at radius 2 is 2.31 bits per heavy atom. The van der Waals surface area contributed by atoms with Crippen molar-refractivity contribution in [2.75, 3.05) is 13.1 Å². The Balaban J connectivity index is 1.82. The van der Waals surface area contributed by atoms with E-state index in [2.05, 4.69) is 25.1 Å². The highest BCUT2D eigenvalue weighted by Crippen LogP contribution is 2.17. The van der Waals surface area contributed by atoms with Gasteiger partial charge in [-0.1, -0.05) is 6.07 Å². The van der Waals surface area contributed by atoms with Crippen molar-refractivity contribution in [3.8, 4) is 0 Å². The summed E-state index contributed by atoms with van der Waals surface area (Å²) in [6, 6.07) is 5.94. The summed E-state index contributed by atoms with van der Waals surface area (Å²) in [6.45, 7) is 2.75. The van der Waals surface area contributed by atoms with Crippen LogP contribution in [0.5, 0.6) is 0 Å². The van der Waals surface area contributed by atoms with Gasteiger partial charge < -0.3 is 9.88 Å². The third-order valence-electron chi connectivity index (χ3n) is 2.85. The molecule has 3 heterocycles. The Morgan fingerprint density at radius 1 is 1.38 bits per heavy atom. The predicted molar refractivity (Wildman–Crippen MR) is 59.0 cm³/mol. The first-order valence-corrected chi connectivity index (χ1v) is 5.42. The van der Waals surface area contributed by atoms with E-state index in [4.69, 9.17) is 0 Å². The fourth-order valence-corrected chi connectivity index (χ4v) is 1.84. The molecule has 0 radical (unpaired) electrons. The molecule has 1 fully saturated rings. The van der Waals surface area contributed by atoms with Crippen LogP contribution in [0, 0.1) is 0 Å². The molecule has 0 bridgehead atoms. The van der Waals surface area contributed by atoms with E-state index in [1.807, 2.05) is 24.4 Å². The molecule has 0 amide bonds. The van der Waals surface area contributed by atoms with Crippen molar-refractivity contribution < 1.29 is 0 Å². The van der Waals surface area contributed by atoms with Gasteiger partial charge in [0.25, 0.3) is 0 Å². The van der Waals surface area contributed by atoms with Gasteiger partial charge in [-0.15, -0.1) is 10.2 Å². The van der Waals surface area contributed by atoms with Crippen LogP contribution in [0.25, 0.3) is 0 Å². The Hall–Kier alpha value is -1.75. The van der Waals surface area contributed by atoms with Crippen molar-refractivity contribution in [3.63, 3.8) is 0 Å². The molecule has 5 nitrogen and oxygen atoms in total. The maximum Gasteiger partial charge on any atom is 0.138 e. The van der Waals surface area contributed by atoms with Crippen molar-refractivity contribution >= 4 is 0 Å². The minimum absolute atomic E-state index is 0.506. The van der Waals surface area contributed by atoms with Crippen molar-refractivity contribution in [2.24, 2.45) is 0 Å². The summed E-state index contributed by atoms with van der Waals surface area (Å²) in [6.07, 6.45) is 3.59. The molecular formula is C11H13N5. The lowest BCUT2D eigenvalue weighted by molar-refractivity contribution is 0.416. The summed E-state index contributed by atoms with van der Waals surface area (Å²) < 4.78 is 2.08. The van der Waals surface area contributed by atoms with Crippen LogP contribution in [0.2, 0.25) is 0 Å². The normalized spacial score (nSPS) is 16.0. The van der Waals surface area contributed by atoms with Gasteiger partial charge in [-0.3, -0.25) is 4.98 Å². The summed E-state index contributed by atoms with van der Waals surface area (Å²) in [4.78, 5) is 4.31. The van der Waals surface area contributed by atoms with E-state index >= 15 is 0 Å². The van der Waals surface area contributed by atoms with Crippen LogP contribution >= 0.6 is 0 Å². The van der Waals surface area contributed by atoms with Gasteiger partial charge >= 0.3 is 0 Å². The SMILES string of the molecule is c1ccc(Cn2cnnc2C2CNC2)nc1. The van der Waals surface area contributed by atoms with Crippen molar-refractivity contribution in [2.45, 2.75) is 12.5 Å². The first kappa shape index (κ1) is 9.47. The van der Waals surface area contributed by atoms with E-state index in [0.29, 0.717) is 5.92 Å². The Kier molecular flexibility index (Phi) is 2.38. The van der Waals surface area contributed by atoms with E-state index in [0.717, 1.165) is 31.2 Å². The minimum atomic E-state index is 0.506. The Labute approximate surface area is 93.5 Å². The van der Waals surface area contributed by atoms with Gasteiger partial charge in [0.15, 0.2) is 0 Å². The van der Waals surface area contributed by atoms with Crippen LogP contribution in [0.15, 0.2) is 30.7 Å². The lowest BCUT2D eigenvalue weighted by Gasteiger charge is -2.26. The minimum Gasteiger partial charge on any atom is -0.315 e. The molecule has 3 rings (SSSR count). The average molecular weight is 215 g/mol. The lowest BCUT2D eigenvalue weighted by atomic mass is 10.0. The van der Waals surface area contributed by atoms with Crippen LogP contribution in [0.1, 0.15) is 17.4 Å². The summed E-state index contributed by atoms with van der Waals surface area (Å²) in [7, 11) is 0. The Morgan fingerprint density at radius 3 is 3.00 bits per heavy atom. The number of hydrogen-bond acceptors (Lipinski definition) is 4. The molecule has 1 aliphatic heterocycles. The highest BCUT2D eigenvalue weighted by atomic mass is 15.3. The molecule has 0 atom stereocenters. The summed E-state index contributed by atoms with van der Waals surface area (Å²) >= 11 is 0. The molecule has 2 aromatic rings. The van der Waals surface area contributed by atoms with Gasteiger partial charge in [-0.05, 0) is 12.1 Å². The number of nitrogens with one attached hydrogen (secondary N) is 1. The van der Waals surface area contributed by atoms with E-state index < -0.39 is 0 Å². The Bertz CT molecular complexity index is 460. The monoisotopic (exact) mass is 215 g/mol. The molecular weight excluding hydrogens is 202 g/mol. The zero-order valence-corrected chi connectivity index (χ0v) is 8.87. The van der Waals surface area contributed by atoms with Crippen LogP contribution < -0.4 is 5.32 Å². The smallest absolute Gasteiger partial charge is 0.138 e. The molecule has 1 aliphatic rings. The third-order valence-corrected chi connectivity index (χ3v) is 2.85. The molecule has 0 aliphatic carbocycles. The second-order valence-corrected chi connectivity index (χ2v) is 3.99. The molecule has 82 valence electrons. The highest BCUT2D eigenvalue weighted by molar-refractivity contribution is 5.08. The predicted octanol–water partition coefficient (Wildman–Crippen LogP) is 0.408. The molecule has 2 aromatic heterocycles. The van der Waals surface area contributed by atoms with Crippen LogP contribution in [-0.2, 0) is 6.54 Å². The topological polar surface area (TPSA) is 55.6 Å². The lowest BCUT2D eigenvalue weighted by Crippen LogP contribution is -2.41. The quantitative estimate of drug-likeness (QED) is 0.805. The van der Waals surface area contributed by atoms with E-state index in [1.54, 1.807) is 6.33 Å². The van der Waals surface area contributed by atoms with Crippen LogP contribution in [0.3, 0.4) is 0 Å². The number of nitrogens with zero attached hydrogens (tertiary/aromatic N) is 4. The fourth-order valence-electron chi connectivity index (χ4n) is 1.84. The summed E-state index contributed by atoms with van der Waals surface area (Å²) in [5, 5.41) is 11.4. The van der Waals surface area contributed by atoms with Crippen LogP contribution in [-0.4, -0.2) is 32.8 Å². The number of rotatable bonds is 3. The van der Waals surface area contributed by atoms with Crippen molar-refractivity contribution in [1.29, 1.82) is 0 Å². The zero-order chi connectivity index (χ0) is 10.8. The first-order chi connectivity index (χ1) is 7.93. The fraction of sp³-hybridized carbons (Fsp3) is 0.364. The summed E-state index contributed by atoms with van der Waals surface area (Å²) in [5.41, 5.74) is 1.04. The number of hydrogen-bond donors (Lipinski definition) is 1.